The molecule has 1 heterocycles. The molecule has 7 heteroatoms. The van der Waals surface area contributed by atoms with Gasteiger partial charge in [0, 0.05) is 5.69 Å². The van der Waals surface area contributed by atoms with E-state index in [4.69, 9.17) is 5.11 Å². The van der Waals surface area contributed by atoms with Gasteiger partial charge >= 0.3 is 12.0 Å². The summed E-state index contributed by atoms with van der Waals surface area (Å²) < 4.78 is 0. The van der Waals surface area contributed by atoms with Crippen LogP contribution < -0.4 is 10.1 Å². The third-order valence-corrected chi connectivity index (χ3v) is 3.27. The average molecular weight is 265 g/mol. The second-order valence-corrected chi connectivity index (χ2v) is 4.34. The van der Waals surface area contributed by atoms with Crippen LogP contribution in [0.3, 0.4) is 0 Å². The lowest BCUT2D eigenvalue weighted by molar-refractivity contribution is -0.131. The van der Waals surface area contributed by atoms with Crippen molar-refractivity contribution < 1.29 is 14.7 Å². The number of hydrogen-bond acceptors (Lipinski definition) is 4. The van der Waals surface area contributed by atoms with Crippen LogP contribution in [0, 0.1) is 0 Å². The highest BCUT2D eigenvalue weighted by molar-refractivity contribution is 8.02. The number of aliphatic carboxylic acids is 1. The molecule has 0 fully saturated rings. The van der Waals surface area contributed by atoms with Gasteiger partial charge in [-0.25, -0.2) is 14.6 Å². The van der Waals surface area contributed by atoms with Gasteiger partial charge in [-0.15, -0.1) is 0 Å². The molecule has 1 aromatic carbocycles. The van der Waals surface area contributed by atoms with Crippen LogP contribution in [0.25, 0.3) is 0 Å². The van der Waals surface area contributed by atoms with Crippen molar-refractivity contribution in [2.75, 3.05) is 5.32 Å². The molecule has 1 aromatic rings. The van der Waals surface area contributed by atoms with E-state index in [1.807, 2.05) is 6.07 Å². The Morgan fingerprint density at radius 3 is 2.56 bits per heavy atom. The van der Waals surface area contributed by atoms with Crippen molar-refractivity contribution >= 4 is 29.6 Å². The molecule has 3 N–H and O–H groups in total. The van der Waals surface area contributed by atoms with Gasteiger partial charge in [-0.2, -0.15) is 4.83 Å². The van der Waals surface area contributed by atoms with E-state index in [0.29, 0.717) is 11.4 Å². The molecule has 0 saturated heterocycles. The Labute approximate surface area is 108 Å². The van der Waals surface area contributed by atoms with Crippen molar-refractivity contribution in [3.63, 3.8) is 0 Å². The van der Waals surface area contributed by atoms with Crippen LogP contribution in [-0.4, -0.2) is 22.1 Å². The summed E-state index contributed by atoms with van der Waals surface area (Å²) in [6.07, 6.45) is 0. The first-order valence-electron chi connectivity index (χ1n) is 5.12. The quantitative estimate of drug-likeness (QED) is 0.712. The molecule has 0 aliphatic carbocycles. The van der Waals surface area contributed by atoms with Crippen molar-refractivity contribution in [3.05, 3.63) is 40.9 Å². The van der Waals surface area contributed by atoms with Gasteiger partial charge in [0.2, 0.25) is 0 Å². The molecule has 0 atom stereocenters. The average Bonchev–Trinajstić information content (AvgIpc) is 2.72. The molecule has 6 nitrogen and oxygen atoms in total. The number of carbonyl (C=O) groups excluding carboxylic acids is 1. The lowest BCUT2D eigenvalue weighted by Crippen LogP contribution is -2.37. The van der Waals surface area contributed by atoms with Crippen LogP contribution in [0.5, 0.6) is 0 Å². The van der Waals surface area contributed by atoms with Crippen LogP contribution in [0.15, 0.2) is 40.9 Å². The van der Waals surface area contributed by atoms with Crippen molar-refractivity contribution in [2.24, 2.45) is 0 Å². The minimum atomic E-state index is -1.06. The summed E-state index contributed by atoms with van der Waals surface area (Å²) in [5.41, 5.74) is 1.01. The molecule has 2 rings (SSSR count). The maximum Gasteiger partial charge on any atom is 0.345 e. The zero-order chi connectivity index (χ0) is 13.1. The molecule has 0 radical (unpaired) electrons. The van der Waals surface area contributed by atoms with E-state index in [2.05, 4.69) is 10.1 Å². The Morgan fingerprint density at radius 1 is 1.33 bits per heavy atom. The summed E-state index contributed by atoms with van der Waals surface area (Å²) in [6.45, 7) is 1.57. The van der Waals surface area contributed by atoms with E-state index in [0.717, 1.165) is 11.9 Å². The second-order valence-electron chi connectivity index (χ2n) is 3.54. The molecule has 2 amide bonds. The number of nitrogens with zero attached hydrogens (tertiary/aromatic N) is 1. The second kappa shape index (κ2) is 5.11. The first kappa shape index (κ1) is 12.5. The summed E-state index contributed by atoms with van der Waals surface area (Å²) >= 11 is 0.901. The van der Waals surface area contributed by atoms with E-state index in [-0.39, 0.29) is 4.91 Å². The Balaban J connectivity index is 2.10. The molecule has 0 saturated carbocycles. The fourth-order valence-corrected chi connectivity index (χ4v) is 2.16. The Morgan fingerprint density at radius 2 is 2.00 bits per heavy atom. The largest absolute Gasteiger partial charge is 0.477 e. The van der Waals surface area contributed by atoms with Gasteiger partial charge in [-0.05, 0) is 31.0 Å². The normalized spacial score (nSPS) is 14.8. The molecule has 0 spiro atoms. The highest BCUT2D eigenvalue weighted by atomic mass is 32.2. The SMILES string of the molecule is CC1=C(C(=O)O)SNN1C(=O)Nc1ccccc1. The zero-order valence-electron chi connectivity index (χ0n) is 9.51. The van der Waals surface area contributed by atoms with Crippen LogP contribution in [0.2, 0.25) is 0 Å². The van der Waals surface area contributed by atoms with E-state index < -0.39 is 12.0 Å². The smallest absolute Gasteiger partial charge is 0.345 e. The number of urea groups is 1. The molecule has 0 aromatic heterocycles. The maximum atomic E-state index is 11.9. The van der Waals surface area contributed by atoms with Gasteiger partial charge in [0.25, 0.3) is 0 Å². The number of hydrogen-bond donors (Lipinski definition) is 3. The van der Waals surface area contributed by atoms with Crippen LogP contribution >= 0.6 is 11.9 Å². The van der Waals surface area contributed by atoms with Gasteiger partial charge in [0.1, 0.15) is 4.91 Å². The predicted octanol–water partition coefficient (Wildman–Crippen LogP) is 2.00. The van der Waals surface area contributed by atoms with Gasteiger partial charge in [0.15, 0.2) is 0 Å². The van der Waals surface area contributed by atoms with Gasteiger partial charge in [0.05, 0.1) is 5.70 Å². The van der Waals surface area contributed by atoms with Crippen molar-refractivity contribution in [1.29, 1.82) is 0 Å². The minimum Gasteiger partial charge on any atom is -0.477 e. The molecule has 0 bridgehead atoms. The number of amides is 2. The minimum absolute atomic E-state index is 0.109. The number of carboxylic acids is 1. The number of benzene rings is 1. The van der Waals surface area contributed by atoms with Crippen molar-refractivity contribution in [3.8, 4) is 0 Å². The van der Waals surface area contributed by atoms with Gasteiger partial charge in [-0.1, -0.05) is 18.2 Å². The summed E-state index contributed by atoms with van der Waals surface area (Å²) in [7, 11) is 0. The Hall–Kier alpha value is -1.99. The maximum absolute atomic E-state index is 11.9. The first-order chi connectivity index (χ1) is 8.59. The standard InChI is InChI=1S/C11H11N3O3S/c1-7-9(10(15)16)18-13-14(7)11(17)12-8-5-3-2-4-6-8/h2-6,13H,1H3,(H,12,17)(H,15,16). The molecule has 94 valence electrons. The fraction of sp³-hybridized carbons (Fsp3) is 0.0909. The predicted molar refractivity (Wildman–Crippen MR) is 68.4 cm³/mol. The number of allylic oxidation sites excluding steroid dienone is 1. The van der Waals surface area contributed by atoms with Crippen molar-refractivity contribution in [2.45, 2.75) is 6.92 Å². The highest BCUT2D eigenvalue weighted by Crippen LogP contribution is 2.27. The Kier molecular flexibility index (Phi) is 3.54. The molecular formula is C11H11N3O3S. The van der Waals surface area contributed by atoms with Crippen molar-refractivity contribution in [1.82, 2.24) is 9.84 Å². The molecular weight excluding hydrogens is 254 g/mol. The molecule has 1 aliphatic rings. The van der Waals surface area contributed by atoms with E-state index >= 15 is 0 Å². The summed E-state index contributed by atoms with van der Waals surface area (Å²) in [5.74, 6) is -1.06. The number of anilines is 1. The summed E-state index contributed by atoms with van der Waals surface area (Å²) in [6, 6.07) is 8.51. The number of carbonyl (C=O) groups is 2. The van der Waals surface area contributed by atoms with Crippen LogP contribution in [-0.2, 0) is 4.79 Å². The number of rotatable bonds is 2. The molecule has 0 unspecified atom stereocenters. The Bertz CT molecular complexity index is 516. The number of carboxylic acid groups (broad SMARTS) is 1. The fourth-order valence-electron chi connectivity index (χ4n) is 1.43. The van der Waals surface area contributed by atoms with E-state index in [1.54, 1.807) is 31.2 Å². The zero-order valence-corrected chi connectivity index (χ0v) is 10.3. The molecule has 18 heavy (non-hydrogen) atoms. The topological polar surface area (TPSA) is 81.7 Å². The first-order valence-corrected chi connectivity index (χ1v) is 5.94. The van der Waals surface area contributed by atoms with E-state index in [1.165, 1.54) is 5.01 Å². The third-order valence-electron chi connectivity index (χ3n) is 2.33. The van der Waals surface area contributed by atoms with Gasteiger partial charge in [-0.3, -0.25) is 0 Å². The number of para-hydroxylation sites is 1. The molecule has 1 aliphatic heterocycles. The summed E-state index contributed by atoms with van der Waals surface area (Å²) in [4.78, 5) is 25.5. The number of hydrazine groups is 1. The van der Waals surface area contributed by atoms with Crippen LogP contribution in [0.4, 0.5) is 10.5 Å². The van der Waals surface area contributed by atoms with Gasteiger partial charge < -0.3 is 10.4 Å². The lowest BCUT2D eigenvalue weighted by atomic mass is 10.3. The highest BCUT2D eigenvalue weighted by Gasteiger charge is 2.29. The van der Waals surface area contributed by atoms with Crippen LogP contribution in [0.1, 0.15) is 6.92 Å². The number of nitrogens with one attached hydrogen (secondary N) is 2. The third kappa shape index (κ3) is 2.47. The van der Waals surface area contributed by atoms with E-state index in [9.17, 15) is 9.59 Å². The monoisotopic (exact) mass is 265 g/mol. The summed E-state index contributed by atoms with van der Waals surface area (Å²) in [5, 5.41) is 12.7. The lowest BCUT2D eigenvalue weighted by Gasteiger charge is -2.17.